The Labute approximate surface area is 103 Å². The molecule has 4 atom stereocenters. The zero-order valence-corrected chi connectivity index (χ0v) is 10.5. The second kappa shape index (κ2) is 5.67. The third-order valence-corrected chi connectivity index (χ3v) is 3.97. The highest BCUT2D eigenvalue weighted by molar-refractivity contribution is 5.69. The lowest BCUT2D eigenvalue weighted by atomic mass is 9.90. The summed E-state index contributed by atoms with van der Waals surface area (Å²) >= 11 is 0. The molecule has 0 radical (unpaired) electrons. The minimum Gasteiger partial charge on any atom is -0.466 e. The fourth-order valence-electron chi connectivity index (χ4n) is 2.98. The number of hydrogen-bond acceptors (Lipinski definition) is 3. The molecule has 2 aliphatic carbocycles. The molecule has 3 heteroatoms. The maximum Gasteiger partial charge on any atom is 0.306 e. The standard InChI is InChI=1S/C14H22O3/c1-2-3-4-7-17-13(15)9-11-8-10-5-6-12(11)14(10)16/h5-6,10-12,14,16H,2-4,7-9H2,1H3. The number of carbonyl (C=O) groups excluding carboxylic acids is 1. The molecule has 17 heavy (non-hydrogen) atoms. The molecular formula is C14H22O3. The average molecular weight is 238 g/mol. The maximum absolute atomic E-state index is 11.6. The van der Waals surface area contributed by atoms with E-state index in [1.807, 2.05) is 0 Å². The summed E-state index contributed by atoms with van der Waals surface area (Å²) in [6.07, 6.45) is 8.51. The highest BCUT2D eigenvalue weighted by atomic mass is 16.5. The van der Waals surface area contributed by atoms with Crippen molar-refractivity contribution in [2.24, 2.45) is 17.8 Å². The lowest BCUT2D eigenvalue weighted by molar-refractivity contribution is -0.145. The lowest BCUT2D eigenvalue weighted by Crippen LogP contribution is -2.19. The normalized spacial score (nSPS) is 34.2. The second-order valence-electron chi connectivity index (χ2n) is 5.24. The maximum atomic E-state index is 11.6. The highest BCUT2D eigenvalue weighted by Gasteiger charge is 2.44. The smallest absolute Gasteiger partial charge is 0.306 e. The van der Waals surface area contributed by atoms with Crippen molar-refractivity contribution in [2.45, 2.75) is 45.1 Å². The molecule has 0 aromatic carbocycles. The fraction of sp³-hybridized carbons (Fsp3) is 0.786. The van der Waals surface area contributed by atoms with Crippen LogP contribution in [0.15, 0.2) is 12.2 Å². The van der Waals surface area contributed by atoms with Crippen LogP contribution in [0.1, 0.15) is 39.0 Å². The third-order valence-electron chi connectivity index (χ3n) is 3.97. The summed E-state index contributed by atoms with van der Waals surface area (Å²) in [6.45, 7) is 2.68. The van der Waals surface area contributed by atoms with E-state index in [0.717, 1.165) is 25.7 Å². The molecule has 4 unspecified atom stereocenters. The SMILES string of the molecule is CCCCCOC(=O)CC1CC2C=CC1C2O. The Kier molecular flexibility index (Phi) is 4.21. The van der Waals surface area contributed by atoms with Crippen molar-refractivity contribution in [1.29, 1.82) is 0 Å². The quantitative estimate of drug-likeness (QED) is 0.439. The van der Waals surface area contributed by atoms with E-state index in [2.05, 4.69) is 19.1 Å². The van der Waals surface area contributed by atoms with Gasteiger partial charge in [-0.3, -0.25) is 4.79 Å². The predicted molar refractivity (Wildman–Crippen MR) is 65.3 cm³/mol. The Morgan fingerprint density at radius 1 is 1.41 bits per heavy atom. The minimum atomic E-state index is -0.257. The molecule has 1 saturated carbocycles. The Balaban J connectivity index is 1.68. The van der Waals surface area contributed by atoms with Crippen LogP contribution in [0.25, 0.3) is 0 Å². The summed E-state index contributed by atoms with van der Waals surface area (Å²) in [5, 5.41) is 9.84. The van der Waals surface area contributed by atoms with Gasteiger partial charge in [0.15, 0.2) is 0 Å². The van der Waals surface area contributed by atoms with Crippen LogP contribution in [0, 0.1) is 17.8 Å². The minimum absolute atomic E-state index is 0.0979. The van der Waals surface area contributed by atoms with Gasteiger partial charge in [0.1, 0.15) is 0 Å². The summed E-state index contributed by atoms with van der Waals surface area (Å²) in [6, 6.07) is 0. The predicted octanol–water partition coefficient (Wildman–Crippen LogP) is 2.29. The Bertz CT molecular complexity index is 298. The number of ether oxygens (including phenoxy) is 1. The van der Waals surface area contributed by atoms with Crippen LogP contribution in [0.5, 0.6) is 0 Å². The first-order valence-electron chi connectivity index (χ1n) is 6.74. The van der Waals surface area contributed by atoms with E-state index in [4.69, 9.17) is 4.74 Å². The molecular weight excluding hydrogens is 216 g/mol. The summed E-state index contributed by atoms with van der Waals surface area (Å²) < 4.78 is 5.20. The molecule has 0 saturated heterocycles. The molecule has 2 bridgehead atoms. The molecule has 1 fully saturated rings. The van der Waals surface area contributed by atoms with Crippen molar-refractivity contribution < 1.29 is 14.6 Å². The average Bonchev–Trinajstić information content (AvgIpc) is 2.80. The van der Waals surface area contributed by atoms with Crippen molar-refractivity contribution in [3.8, 4) is 0 Å². The monoisotopic (exact) mass is 238 g/mol. The van der Waals surface area contributed by atoms with Crippen LogP contribution < -0.4 is 0 Å². The van der Waals surface area contributed by atoms with E-state index in [1.165, 1.54) is 0 Å². The Morgan fingerprint density at radius 3 is 2.82 bits per heavy atom. The van der Waals surface area contributed by atoms with Gasteiger partial charge < -0.3 is 9.84 Å². The van der Waals surface area contributed by atoms with Crippen molar-refractivity contribution in [3.63, 3.8) is 0 Å². The van der Waals surface area contributed by atoms with E-state index in [9.17, 15) is 9.90 Å². The molecule has 0 aromatic rings. The van der Waals surface area contributed by atoms with E-state index in [-0.39, 0.29) is 23.9 Å². The van der Waals surface area contributed by atoms with Crippen molar-refractivity contribution in [3.05, 3.63) is 12.2 Å². The number of hydrogen-bond donors (Lipinski definition) is 1. The van der Waals surface area contributed by atoms with Gasteiger partial charge in [0.05, 0.1) is 12.7 Å². The lowest BCUT2D eigenvalue weighted by Gasteiger charge is -2.17. The number of carbonyl (C=O) groups is 1. The van der Waals surface area contributed by atoms with Gasteiger partial charge in [-0.1, -0.05) is 31.9 Å². The van der Waals surface area contributed by atoms with Gasteiger partial charge in [0, 0.05) is 18.3 Å². The number of rotatable bonds is 6. The molecule has 0 spiro atoms. The van der Waals surface area contributed by atoms with Crippen LogP contribution in [0.2, 0.25) is 0 Å². The van der Waals surface area contributed by atoms with Gasteiger partial charge in [-0.05, 0) is 18.8 Å². The summed E-state index contributed by atoms with van der Waals surface area (Å²) in [7, 11) is 0. The summed E-state index contributed by atoms with van der Waals surface area (Å²) in [5.74, 6) is 0.652. The van der Waals surface area contributed by atoms with Gasteiger partial charge in [0.25, 0.3) is 0 Å². The van der Waals surface area contributed by atoms with Gasteiger partial charge in [-0.25, -0.2) is 0 Å². The second-order valence-corrected chi connectivity index (χ2v) is 5.24. The molecule has 0 heterocycles. The fourth-order valence-corrected chi connectivity index (χ4v) is 2.98. The van der Waals surface area contributed by atoms with Crippen molar-refractivity contribution >= 4 is 5.97 Å². The summed E-state index contributed by atoms with van der Waals surface area (Å²) in [5.41, 5.74) is 0. The van der Waals surface area contributed by atoms with Crippen LogP contribution in [0.4, 0.5) is 0 Å². The molecule has 0 aliphatic heterocycles. The van der Waals surface area contributed by atoms with Crippen LogP contribution in [0.3, 0.4) is 0 Å². The van der Waals surface area contributed by atoms with Gasteiger partial charge in [-0.2, -0.15) is 0 Å². The number of aliphatic hydroxyl groups is 1. The molecule has 0 aromatic heterocycles. The molecule has 2 rings (SSSR count). The topological polar surface area (TPSA) is 46.5 Å². The largest absolute Gasteiger partial charge is 0.466 e. The van der Waals surface area contributed by atoms with Crippen LogP contribution in [-0.2, 0) is 9.53 Å². The molecule has 0 amide bonds. The van der Waals surface area contributed by atoms with Crippen LogP contribution in [-0.4, -0.2) is 23.8 Å². The molecule has 96 valence electrons. The third kappa shape index (κ3) is 2.89. The first kappa shape index (κ1) is 12.6. The molecule has 1 N–H and O–H groups in total. The first-order chi connectivity index (χ1) is 8.22. The Morgan fingerprint density at radius 2 is 2.24 bits per heavy atom. The molecule has 3 nitrogen and oxygen atoms in total. The number of fused-ring (bicyclic) bond motifs is 2. The van der Waals surface area contributed by atoms with Gasteiger partial charge in [0.2, 0.25) is 0 Å². The number of aliphatic hydroxyl groups excluding tert-OH is 1. The number of unbranched alkanes of at least 4 members (excludes halogenated alkanes) is 2. The molecule has 2 aliphatic rings. The van der Waals surface area contributed by atoms with E-state index >= 15 is 0 Å². The van der Waals surface area contributed by atoms with Crippen LogP contribution >= 0.6 is 0 Å². The number of esters is 1. The van der Waals surface area contributed by atoms with E-state index in [0.29, 0.717) is 18.9 Å². The first-order valence-corrected chi connectivity index (χ1v) is 6.74. The van der Waals surface area contributed by atoms with E-state index in [1.54, 1.807) is 0 Å². The highest BCUT2D eigenvalue weighted by Crippen LogP contribution is 2.45. The Hall–Kier alpha value is -0.830. The zero-order chi connectivity index (χ0) is 12.3. The van der Waals surface area contributed by atoms with E-state index < -0.39 is 0 Å². The van der Waals surface area contributed by atoms with Gasteiger partial charge >= 0.3 is 5.97 Å². The van der Waals surface area contributed by atoms with Gasteiger partial charge in [-0.15, -0.1) is 0 Å². The van der Waals surface area contributed by atoms with Crippen molar-refractivity contribution in [2.75, 3.05) is 6.61 Å². The summed E-state index contributed by atoms with van der Waals surface area (Å²) in [4.78, 5) is 11.6. The van der Waals surface area contributed by atoms with Crippen molar-refractivity contribution in [1.82, 2.24) is 0 Å². The zero-order valence-electron chi connectivity index (χ0n) is 10.5.